The van der Waals surface area contributed by atoms with E-state index in [-0.39, 0.29) is 36.3 Å². The van der Waals surface area contributed by atoms with Crippen molar-refractivity contribution in [3.63, 3.8) is 0 Å². The van der Waals surface area contributed by atoms with Gasteiger partial charge in [0.1, 0.15) is 5.69 Å². The quantitative estimate of drug-likeness (QED) is 0.574. The van der Waals surface area contributed by atoms with Crippen LogP contribution in [-0.2, 0) is 4.79 Å². The zero-order valence-electron chi connectivity index (χ0n) is 15.7. The van der Waals surface area contributed by atoms with E-state index >= 15 is 0 Å². The monoisotopic (exact) mass is 395 g/mol. The van der Waals surface area contributed by atoms with E-state index in [1.54, 1.807) is 12.1 Å². The number of likely N-dealkylation sites (tertiary alicyclic amines) is 1. The first-order valence-corrected chi connectivity index (χ1v) is 9.56. The van der Waals surface area contributed by atoms with Crippen molar-refractivity contribution in [2.75, 3.05) is 18.4 Å². The number of nitro groups is 1. The molecule has 2 aromatic carbocycles. The largest absolute Gasteiger partial charge is 0.481 e. The third-order valence-electron chi connectivity index (χ3n) is 5.53. The zero-order chi connectivity index (χ0) is 20.5. The Morgan fingerprint density at radius 2 is 1.83 bits per heavy atom. The molecule has 1 aliphatic heterocycles. The SMILES string of the molecule is O=C(O)C1CN(C(=O)c2ccc(NC3CC3)c([N+](=O)[O-])c2)CC1c1ccccc1. The van der Waals surface area contributed by atoms with E-state index in [9.17, 15) is 24.8 Å². The molecule has 2 unspecified atom stereocenters. The van der Waals surface area contributed by atoms with Crippen LogP contribution in [0, 0.1) is 16.0 Å². The molecule has 0 spiro atoms. The smallest absolute Gasteiger partial charge is 0.308 e. The van der Waals surface area contributed by atoms with Crippen molar-refractivity contribution in [2.24, 2.45) is 5.92 Å². The number of rotatable bonds is 6. The van der Waals surface area contributed by atoms with Gasteiger partial charge in [0, 0.05) is 36.7 Å². The first kappa shape index (κ1) is 18.9. The van der Waals surface area contributed by atoms with Gasteiger partial charge in [-0.2, -0.15) is 0 Å². The van der Waals surface area contributed by atoms with Crippen LogP contribution in [0.25, 0.3) is 0 Å². The van der Waals surface area contributed by atoms with E-state index in [0.29, 0.717) is 5.69 Å². The molecule has 29 heavy (non-hydrogen) atoms. The van der Waals surface area contributed by atoms with Gasteiger partial charge in [-0.05, 0) is 30.5 Å². The molecule has 2 aromatic rings. The van der Waals surface area contributed by atoms with Gasteiger partial charge >= 0.3 is 5.97 Å². The molecule has 0 radical (unpaired) electrons. The summed E-state index contributed by atoms with van der Waals surface area (Å²) in [4.78, 5) is 37.2. The molecule has 150 valence electrons. The summed E-state index contributed by atoms with van der Waals surface area (Å²) in [5.74, 6) is -2.38. The maximum atomic E-state index is 13.0. The van der Waals surface area contributed by atoms with Crippen LogP contribution in [0.15, 0.2) is 48.5 Å². The Kier molecular flexibility index (Phi) is 4.92. The lowest BCUT2D eigenvalue weighted by atomic mass is 9.89. The summed E-state index contributed by atoms with van der Waals surface area (Å²) in [7, 11) is 0. The highest BCUT2D eigenvalue weighted by Gasteiger charge is 2.41. The van der Waals surface area contributed by atoms with Crippen molar-refractivity contribution in [3.05, 3.63) is 69.8 Å². The molecule has 2 aliphatic rings. The van der Waals surface area contributed by atoms with E-state index in [4.69, 9.17) is 0 Å². The Balaban J connectivity index is 1.58. The lowest BCUT2D eigenvalue weighted by molar-refractivity contribution is -0.384. The summed E-state index contributed by atoms with van der Waals surface area (Å²) >= 11 is 0. The molecule has 4 rings (SSSR count). The Morgan fingerprint density at radius 1 is 1.10 bits per heavy atom. The number of hydrogen-bond acceptors (Lipinski definition) is 5. The van der Waals surface area contributed by atoms with Gasteiger partial charge in [0.15, 0.2) is 0 Å². The molecule has 1 saturated carbocycles. The number of nitro benzene ring substituents is 1. The minimum atomic E-state index is -0.955. The van der Waals surface area contributed by atoms with Gasteiger partial charge < -0.3 is 15.3 Å². The molecular formula is C21H21N3O5. The molecular weight excluding hydrogens is 374 g/mol. The molecule has 0 bridgehead atoms. The van der Waals surface area contributed by atoms with Crippen LogP contribution in [0.1, 0.15) is 34.7 Å². The average molecular weight is 395 g/mol. The number of carboxylic acids is 1. The summed E-state index contributed by atoms with van der Waals surface area (Å²) < 4.78 is 0. The second-order valence-electron chi connectivity index (χ2n) is 7.58. The molecule has 2 N–H and O–H groups in total. The predicted molar refractivity (Wildman–Crippen MR) is 106 cm³/mol. The van der Waals surface area contributed by atoms with E-state index in [2.05, 4.69) is 5.32 Å². The first-order chi connectivity index (χ1) is 13.9. The minimum Gasteiger partial charge on any atom is -0.481 e. The zero-order valence-corrected chi connectivity index (χ0v) is 15.7. The fourth-order valence-corrected chi connectivity index (χ4v) is 3.83. The van der Waals surface area contributed by atoms with Crippen LogP contribution in [0.5, 0.6) is 0 Å². The van der Waals surface area contributed by atoms with Crippen LogP contribution in [-0.4, -0.2) is 45.9 Å². The minimum absolute atomic E-state index is 0.0730. The van der Waals surface area contributed by atoms with E-state index in [0.717, 1.165) is 18.4 Å². The lowest BCUT2D eigenvalue weighted by Gasteiger charge is -2.17. The van der Waals surface area contributed by atoms with Crippen LogP contribution in [0.4, 0.5) is 11.4 Å². The van der Waals surface area contributed by atoms with Gasteiger partial charge in [-0.1, -0.05) is 30.3 Å². The molecule has 0 aromatic heterocycles. The van der Waals surface area contributed by atoms with E-state index < -0.39 is 22.7 Å². The number of nitrogens with one attached hydrogen (secondary N) is 1. The molecule has 1 heterocycles. The van der Waals surface area contributed by atoms with Gasteiger partial charge in [-0.15, -0.1) is 0 Å². The highest BCUT2D eigenvalue weighted by atomic mass is 16.6. The number of carboxylic acid groups (broad SMARTS) is 1. The van der Waals surface area contributed by atoms with Crippen LogP contribution in [0.2, 0.25) is 0 Å². The maximum absolute atomic E-state index is 13.0. The van der Waals surface area contributed by atoms with Gasteiger partial charge in [0.05, 0.1) is 10.8 Å². The molecule has 2 fully saturated rings. The summed E-state index contributed by atoms with van der Waals surface area (Å²) in [5.41, 5.74) is 1.32. The Hall–Kier alpha value is -3.42. The topological polar surface area (TPSA) is 113 Å². The van der Waals surface area contributed by atoms with E-state index in [1.807, 2.05) is 30.3 Å². The lowest BCUT2D eigenvalue weighted by Crippen LogP contribution is -2.30. The second-order valence-corrected chi connectivity index (χ2v) is 7.58. The van der Waals surface area contributed by atoms with Crippen molar-refractivity contribution in [1.82, 2.24) is 4.90 Å². The number of nitrogens with zero attached hydrogens (tertiary/aromatic N) is 2. The molecule has 1 saturated heterocycles. The number of aliphatic carboxylic acids is 1. The Bertz CT molecular complexity index is 958. The number of anilines is 1. The second kappa shape index (κ2) is 7.54. The fraction of sp³-hybridized carbons (Fsp3) is 0.333. The Morgan fingerprint density at radius 3 is 2.45 bits per heavy atom. The summed E-state index contributed by atoms with van der Waals surface area (Å²) in [6.07, 6.45) is 1.95. The first-order valence-electron chi connectivity index (χ1n) is 9.56. The average Bonchev–Trinajstić information content (AvgIpc) is 3.41. The summed E-state index contributed by atoms with van der Waals surface area (Å²) in [5, 5.41) is 24.2. The van der Waals surface area contributed by atoms with Crippen LogP contribution in [0.3, 0.4) is 0 Å². The molecule has 2 atom stereocenters. The van der Waals surface area contributed by atoms with Crippen LogP contribution >= 0.6 is 0 Å². The fourth-order valence-electron chi connectivity index (χ4n) is 3.83. The molecule has 1 amide bonds. The standard InChI is InChI=1S/C21H21N3O5/c25-20(14-6-9-18(22-15-7-8-15)19(10-14)24(28)29)23-11-16(17(12-23)21(26)27)13-4-2-1-3-5-13/h1-6,9-10,15-17,22H,7-8,11-12H2,(H,26,27). The van der Waals surface area contributed by atoms with Crippen molar-refractivity contribution < 1.29 is 19.6 Å². The number of amides is 1. The number of hydrogen-bond donors (Lipinski definition) is 2. The van der Waals surface area contributed by atoms with Crippen molar-refractivity contribution >= 4 is 23.3 Å². The van der Waals surface area contributed by atoms with Gasteiger partial charge in [-0.25, -0.2) is 0 Å². The van der Waals surface area contributed by atoms with Crippen molar-refractivity contribution in [3.8, 4) is 0 Å². The normalized spacial score (nSPS) is 21.0. The summed E-state index contributed by atoms with van der Waals surface area (Å²) in [6, 6.07) is 13.9. The maximum Gasteiger partial charge on any atom is 0.308 e. The van der Waals surface area contributed by atoms with E-state index in [1.165, 1.54) is 11.0 Å². The van der Waals surface area contributed by atoms with Crippen LogP contribution < -0.4 is 5.32 Å². The third-order valence-corrected chi connectivity index (χ3v) is 5.53. The predicted octanol–water partition coefficient (Wildman–Crippen LogP) is 3.11. The van der Waals surface area contributed by atoms with Crippen molar-refractivity contribution in [1.29, 1.82) is 0 Å². The van der Waals surface area contributed by atoms with Gasteiger partial charge in [0.2, 0.25) is 0 Å². The Labute approximate surface area is 167 Å². The highest BCUT2D eigenvalue weighted by Crippen LogP contribution is 2.35. The van der Waals surface area contributed by atoms with Crippen molar-refractivity contribution in [2.45, 2.75) is 24.8 Å². The van der Waals surface area contributed by atoms with Gasteiger partial charge in [0.25, 0.3) is 11.6 Å². The molecule has 1 aliphatic carbocycles. The number of carbonyl (C=O) groups excluding carboxylic acids is 1. The number of benzene rings is 2. The molecule has 8 heteroatoms. The third kappa shape index (κ3) is 3.91. The van der Waals surface area contributed by atoms with Gasteiger partial charge in [-0.3, -0.25) is 19.7 Å². The number of carbonyl (C=O) groups is 2. The summed E-state index contributed by atoms with van der Waals surface area (Å²) in [6.45, 7) is 0.333. The highest BCUT2D eigenvalue weighted by molar-refractivity contribution is 5.96. The molecule has 8 nitrogen and oxygen atoms in total.